The first kappa shape index (κ1) is 12.3. The van der Waals surface area contributed by atoms with Crippen molar-refractivity contribution in [2.24, 2.45) is 0 Å². The van der Waals surface area contributed by atoms with Crippen LogP contribution >= 0.6 is 7.82 Å². The summed E-state index contributed by atoms with van der Waals surface area (Å²) in [5.41, 5.74) is -0.615. The van der Waals surface area contributed by atoms with Crippen molar-refractivity contribution in [3.63, 3.8) is 0 Å². The van der Waals surface area contributed by atoms with Gasteiger partial charge in [-0.05, 0) is 0 Å². The van der Waals surface area contributed by atoms with E-state index >= 15 is 0 Å². The Morgan fingerprint density at radius 3 is 2.19 bits per heavy atom. The molecule has 16 heavy (non-hydrogen) atoms. The number of phenolic OH excluding ortho intramolecular Hbond substituents is 1. The molecule has 9 heteroatoms. The van der Waals surface area contributed by atoms with E-state index < -0.39 is 36.6 Å². The van der Waals surface area contributed by atoms with E-state index in [1.165, 1.54) is 0 Å². The van der Waals surface area contributed by atoms with E-state index in [-0.39, 0.29) is 0 Å². The molecule has 88 valence electrons. The van der Waals surface area contributed by atoms with E-state index in [9.17, 15) is 14.5 Å². The zero-order valence-corrected chi connectivity index (χ0v) is 8.46. The maximum absolute atomic E-state index is 10.5. The van der Waals surface area contributed by atoms with Gasteiger partial charge in [0.15, 0.2) is 11.5 Å². The highest BCUT2D eigenvalue weighted by molar-refractivity contribution is 7.46. The fourth-order valence-electron chi connectivity index (χ4n) is 0.930. The first-order valence-electron chi connectivity index (χ1n) is 3.75. The molecule has 0 spiro atoms. The second-order valence-corrected chi connectivity index (χ2v) is 3.89. The summed E-state index contributed by atoms with van der Waals surface area (Å²) in [7, 11) is -4.89. The smallest absolute Gasteiger partial charge is 0.507 e. The van der Waals surface area contributed by atoms with Gasteiger partial charge in [0.2, 0.25) is 0 Å². The van der Waals surface area contributed by atoms with Gasteiger partial charge in [-0.3, -0.25) is 9.79 Å². The number of phenols is 2. The second-order valence-electron chi connectivity index (χ2n) is 2.72. The molecule has 0 aliphatic carbocycles. The number of carboxylic acid groups (broad SMARTS) is 1. The van der Waals surface area contributed by atoms with Gasteiger partial charge in [0.1, 0.15) is 11.3 Å². The number of phosphoric ester groups is 1. The summed E-state index contributed by atoms with van der Waals surface area (Å²) in [6, 6.07) is 1.21. The zero-order chi connectivity index (χ0) is 12.5. The SMILES string of the molecule is O=C(O)c1cc(O)c(OP(=O)(O)O)cc1O. The van der Waals surface area contributed by atoms with Crippen molar-refractivity contribution >= 4 is 13.8 Å². The highest BCUT2D eigenvalue weighted by Crippen LogP contribution is 2.43. The number of aromatic carboxylic acids is 1. The van der Waals surface area contributed by atoms with Crippen molar-refractivity contribution in [3.05, 3.63) is 17.7 Å². The number of aromatic hydroxyl groups is 2. The molecule has 0 amide bonds. The molecule has 0 aromatic heterocycles. The Balaban J connectivity index is 3.21. The minimum atomic E-state index is -4.89. The minimum absolute atomic E-state index is 0.595. The molecule has 0 radical (unpaired) electrons. The van der Waals surface area contributed by atoms with Gasteiger partial charge in [0, 0.05) is 12.1 Å². The Hall–Kier alpha value is -1.76. The quantitative estimate of drug-likeness (QED) is 0.379. The molecule has 1 aromatic rings. The number of carboxylic acids is 1. The molecular weight excluding hydrogens is 243 g/mol. The molecule has 0 saturated carbocycles. The van der Waals surface area contributed by atoms with Crippen LogP contribution in [0, 0.1) is 0 Å². The molecule has 0 fully saturated rings. The monoisotopic (exact) mass is 250 g/mol. The van der Waals surface area contributed by atoms with E-state index in [1.807, 2.05) is 0 Å². The summed E-state index contributed by atoms with van der Waals surface area (Å²) in [5, 5.41) is 26.9. The molecule has 1 rings (SSSR count). The van der Waals surface area contributed by atoms with Crippen LogP contribution in [-0.4, -0.2) is 31.1 Å². The number of hydrogen-bond donors (Lipinski definition) is 5. The standard InChI is InChI=1S/C7H7O8P/c8-4-2-6(15-16(12,13)14)5(9)1-3(4)7(10)11/h1-2,8-9H,(H,10,11)(H2,12,13,14). The highest BCUT2D eigenvalue weighted by Gasteiger charge is 2.21. The van der Waals surface area contributed by atoms with Crippen LogP contribution in [0.3, 0.4) is 0 Å². The fraction of sp³-hybridized carbons (Fsp3) is 0. The van der Waals surface area contributed by atoms with Crippen molar-refractivity contribution in [1.82, 2.24) is 0 Å². The Morgan fingerprint density at radius 1 is 1.19 bits per heavy atom. The molecule has 0 unspecified atom stereocenters. The molecule has 0 saturated heterocycles. The summed E-state index contributed by atoms with van der Waals surface area (Å²) in [4.78, 5) is 27.4. The van der Waals surface area contributed by atoms with Gasteiger partial charge in [-0.1, -0.05) is 0 Å². The first-order valence-corrected chi connectivity index (χ1v) is 5.28. The van der Waals surface area contributed by atoms with E-state index in [0.29, 0.717) is 12.1 Å². The summed E-state index contributed by atoms with van der Waals surface area (Å²) in [6.45, 7) is 0. The molecular formula is C7H7O8P. The van der Waals surface area contributed by atoms with Gasteiger partial charge in [0.05, 0.1) is 0 Å². The summed E-state index contributed by atoms with van der Waals surface area (Å²) < 4.78 is 14.5. The summed E-state index contributed by atoms with van der Waals surface area (Å²) in [5.74, 6) is -3.81. The van der Waals surface area contributed by atoms with Crippen LogP contribution in [0.1, 0.15) is 10.4 Å². The number of hydrogen-bond acceptors (Lipinski definition) is 5. The predicted octanol–water partition coefficient (Wildman–Crippen LogP) is 0.267. The molecule has 0 heterocycles. The van der Waals surface area contributed by atoms with Crippen LogP contribution in [0.25, 0.3) is 0 Å². The molecule has 0 bridgehead atoms. The predicted molar refractivity (Wildman–Crippen MR) is 49.4 cm³/mol. The topological polar surface area (TPSA) is 145 Å². The van der Waals surface area contributed by atoms with Gasteiger partial charge < -0.3 is 19.8 Å². The Kier molecular flexibility index (Phi) is 3.09. The molecule has 1 aromatic carbocycles. The van der Waals surface area contributed by atoms with Crippen LogP contribution < -0.4 is 4.52 Å². The lowest BCUT2D eigenvalue weighted by atomic mass is 10.2. The van der Waals surface area contributed by atoms with Crippen LogP contribution in [0.2, 0.25) is 0 Å². The maximum Gasteiger partial charge on any atom is 0.524 e. The van der Waals surface area contributed by atoms with Crippen LogP contribution in [0.5, 0.6) is 17.2 Å². The van der Waals surface area contributed by atoms with Crippen molar-refractivity contribution in [1.29, 1.82) is 0 Å². The minimum Gasteiger partial charge on any atom is -0.507 e. The summed E-state index contributed by atoms with van der Waals surface area (Å²) in [6.07, 6.45) is 0. The lowest BCUT2D eigenvalue weighted by molar-refractivity contribution is 0.0693. The van der Waals surface area contributed by atoms with E-state index in [2.05, 4.69) is 4.52 Å². The van der Waals surface area contributed by atoms with Crippen LogP contribution in [-0.2, 0) is 4.57 Å². The maximum atomic E-state index is 10.5. The summed E-state index contributed by atoms with van der Waals surface area (Å²) >= 11 is 0. The number of benzene rings is 1. The van der Waals surface area contributed by atoms with Crippen molar-refractivity contribution in [3.8, 4) is 17.2 Å². The fourth-order valence-corrected chi connectivity index (χ4v) is 1.33. The lowest BCUT2D eigenvalue weighted by Gasteiger charge is -2.09. The number of carbonyl (C=O) groups is 1. The van der Waals surface area contributed by atoms with E-state index in [1.54, 1.807) is 0 Å². The van der Waals surface area contributed by atoms with Crippen molar-refractivity contribution < 1.29 is 39.0 Å². The van der Waals surface area contributed by atoms with Gasteiger partial charge in [0.25, 0.3) is 0 Å². The van der Waals surface area contributed by atoms with E-state index in [0.717, 1.165) is 0 Å². The van der Waals surface area contributed by atoms with E-state index in [4.69, 9.17) is 20.0 Å². The van der Waals surface area contributed by atoms with Gasteiger partial charge in [-0.25, -0.2) is 9.36 Å². The van der Waals surface area contributed by atoms with Crippen LogP contribution in [0.15, 0.2) is 12.1 Å². The average molecular weight is 250 g/mol. The zero-order valence-electron chi connectivity index (χ0n) is 7.56. The molecule has 0 atom stereocenters. The van der Waals surface area contributed by atoms with Gasteiger partial charge in [-0.2, -0.15) is 0 Å². The largest absolute Gasteiger partial charge is 0.524 e. The number of phosphoric acid groups is 1. The Morgan fingerprint density at radius 2 is 1.75 bits per heavy atom. The third-order valence-electron chi connectivity index (χ3n) is 1.52. The Bertz CT molecular complexity index is 476. The first-order chi connectivity index (χ1) is 7.20. The van der Waals surface area contributed by atoms with Crippen molar-refractivity contribution in [2.75, 3.05) is 0 Å². The third kappa shape index (κ3) is 2.86. The normalized spacial score (nSPS) is 11.1. The third-order valence-corrected chi connectivity index (χ3v) is 1.96. The molecule has 0 aliphatic rings. The van der Waals surface area contributed by atoms with Gasteiger partial charge >= 0.3 is 13.8 Å². The van der Waals surface area contributed by atoms with Crippen LogP contribution in [0.4, 0.5) is 0 Å². The molecule has 0 aliphatic heterocycles. The highest BCUT2D eigenvalue weighted by atomic mass is 31.2. The van der Waals surface area contributed by atoms with Gasteiger partial charge in [-0.15, -0.1) is 0 Å². The molecule has 5 N–H and O–H groups in total. The number of rotatable bonds is 3. The molecule has 8 nitrogen and oxygen atoms in total. The van der Waals surface area contributed by atoms with Crippen molar-refractivity contribution in [2.45, 2.75) is 0 Å². The lowest BCUT2D eigenvalue weighted by Crippen LogP contribution is -1.98. The average Bonchev–Trinajstić information content (AvgIpc) is 2.07. The second kappa shape index (κ2) is 4.01. The Labute approximate surface area is 88.6 Å².